The van der Waals surface area contributed by atoms with Crippen molar-refractivity contribution in [3.05, 3.63) is 0 Å². The lowest BCUT2D eigenvalue weighted by molar-refractivity contribution is -0.145. The van der Waals surface area contributed by atoms with E-state index in [1.807, 2.05) is 0 Å². The molecule has 0 aliphatic rings. The first-order valence-electron chi connectivity index (χ1n) is 11.3. The lowest BCUT2D eigenvalue weighted by Crippen LogP contribution is -2.10. The van der Waals surface area contributed by atoms with E-state index < -0.39 is 0 Å². The van der Waals surface area contributed by atoms with Crippen LogP contribution in [-0.4, -0.2) is 31.0 Å². The van der Waals surface area contributed by atoms with Crippen molar-refractivity contribution in [2.75, 3.05) is 19.1 Å². The van der Waals surface area contributed by atoms with E-state index in [0.29, 0.717) is 25.6 Å². The molecule has 28 heavy (non-hydrogen) atoms. The van der Waals surface area contributed by atoms with Crippen LogP contribution in [0.1, 0.15) is 104 Å². The summed E-state index contributed by atoms with van der Waals surface area (Å²) in [6.07, 6.45) is 12.3. The van der Waals surface area contributed by atoms with Crippen molar-refractivity contribution in [3.63, 3.8) is 0 Å². The molecule has 0 aliphatic carbocycles. The van der Waals surface area contributed by atoms with Gasteiger partial charge in [-0.3, -0.25) is 9.59 Å². The second-order valence-corrected chi connectivity index (χ2v) is 8.70. The number of hydrogen-bond donors (Lipinski definition) is 0. The van der Waals surface area contributed by atoms with Gasteiger partial charge < -0.3 is 9.47 Å². The zero-order valence-electron chi connectivity index (χ0n) is 18.5. The van der Waals surface area contributed by atoms with E-state index in [9.17, 15) is 9.59 Å². The molecule has 0 heterocycles. The fourth-order valence-corrected chi connectivity index (χ4v) is 3.19. The Kier molecular flexibility index (Phi) is 19.0. The fraction of sp³-hybridized carbons (Fsp3) is 0.913. The van der Waals surface area contributed by atoms with Crippen LogP contribution < -0.4 is 0 Å². The zero-order chi connectivity index (χ0) is 21.0. The second kappa shape index (κ2) is 19.5. The Hall–Kier alpha value is -0.770. The van der Waals surface area contributed by atoms with E-state index in [2.05, 4.69) is 20.8 Å². The molecule has 0 aromatic carbocycles. The highest BCUT2D eigenvalue weighted by Gasteiger charge is 2.09. The molecule has 0 aromatic rings. The summed E-state index contributed by atoms with van der Waals surface area (Å²) in [5.74, 6) is 1.65. The smallest absolute Gasteiger partial charge is 0.305 e. The number of rotatable bonds is 19. The van der Waals surface area contributed by atoms with Crippen molar-refractivity contribution in [3.8, 4) is 0 Å². The number of unbranched alkanes of at least 4 members (excludes halogenated alkanes) is 5. The maximum atomic E-state index is 11.7. The Balaban J connectivity index is 3.46. The van der Waals surface area contributed by atoms with Gasteiger partial charge in [0.1, 0.15) is 0 Å². The van der Waals surface area contributed by atoms with Crippen molar-refractivity contribution in [1.82, 2.24) is 0 Å². The highest BCUT2D eigenvalue weighted by molar-refractivity contribution is 6.17. The van der Waals surface area contributed by atoms with Gasteiger partial charge in [-0.05, 0) is 37.5 Å². The van der Waals surface area contributed by atoms with Crippen LogP contribution in [0.4, 0.5) is 0 Å². The van der Waals surface area contributed by atoms with Gasteiger partial charge in [0.15, 0.2) is 0 Å². The van der Waals surface area contributed by atoms with Crippen molar-refractivity contribution in [1.29, 1.82) is 0 Å². The first-order valence-corrected chi connectivity index (χ1v) is 11.9. The SMILES string of the molecule is CC(C)CCCC(C)CCOC(=O)CCCC(=O)OCCCCCCCCCl. The Bertz CT molecular complexity index is 385. The molecule has 0 saturated heterocycles. The van der Waals surface area contributed by atoms with Gasteiger partial charge >= 0.3 is 11.9 Å². The summed E-state index contributed by atoms with van der Waals surface area (Å²) in [7, 11) is 0. The molecular formula is C23H43ClO4. The van der Waals surface area contributed by atoms with Crippen LogP contribution in [0.15, 0.2) is 0 Å². The average molecular weight is 419 g/mol. The molecule has 0 rings (SSSR count). The van der Waals surface area contributed by atoms with E-state index in [-0.39, 0.29) is 24.8 Å². The van der Waals surface area contributed by atoms with Crippen molar-refractivity contribution in [2.24, 2.45) is 11.8 Å². The van der Waals surface area contributed by atoms with Gasteiger partial charge in [0.2, 0.25) is 0 Å². The lowest BCUT2D eigenvalue weighted by Gasteiger charge is -2.12. The molecule has 0 aliphatic heterocycles. The molecule has 0 amide bonds. The molecule has 0 fully saturated rings. The quantitative estimate of drug-likeness (QED) is 0.133. The minimum Gasteiger partial charge on any atom is -0.466 e. The average Bonchev–Trinajstić information content (AvgIpc) is 2.63. The van der Waals surface area contributed by atoms with Crippen LogP contribution in [0, 0.1) is 11.8 Å². The third kappa shape index (κ3) is 20.0. The molecule has 0 saturated carbocycles. The Morgan fingerprint density at radius 3 is 1.86 bits per heavy atom. The summed E-state index contributed by atoms with van der Waals surface area (Å²) in [5, 5.41) is 0. The van der Waals surface area contributed by atoms with Crippen LogP contribution in [0.5, 0.6) is 0 Å². The Morgan fingerprint density at radius 1 is 0.679 bits per heavy atom. The molecule has 1 unspecified atom stereocenters. The number of hydrogen-bond acceptors (Lipinski definition) is 4. The highest BCUT2D eigenvalue weighted by atomic mass is 35.5. The normalized spacial score (nSPS) is 12.2. The summed E-state index contributed by atoms with van der Waals surface area (Å²) < 4.78 is 10.5. The number of halogens is 1. The molecule has 1 atom stereocenters. The van der Waals surface area contributed by atoms with Gasteiger partial charge in [-0.15, -0.1) is 11.6 Å². The Labute approximate surface area is 178 Å². The monoisotopic (exact) mass is 418 g/mol. The maximum absolute atomic E-state index is 11.7. The van der Waals surface area contributed by atoms with Crippen LogP contribution in [-0.2, 0) is 19.1 Å². The highest BCUT2D eigenvalue weighted by Crippen LogP contribution is 2.15. The van der Waals surface area contributed by atoms with E-state index in [1.54, 1.807) is 0 Å². The maximum Gasteiger partial charge on any atom is 0.305 e. The van der Waals surface area contributed by atoms with Gasteiger partial charge in [0, 0.05) is 18.7 Å². The molecule has 0 bridgehead atoms. The van der Waals surface area contributed by atoms with Gasteiger partial charge in [0.05, 0.1) is 13.2 Å². The molecule has 5 heteroatoms. The van der Waals surface area contributed by atoms with Crippen molar-refractivity contribution < 1.29 is 19.1 Å². The summed E-state index contributed by atoms with van der Waals surface area (Å²) >= 11 is 5.64. The first kappa shape index (κ1) is 27.2. The minimum absolute atomic E-state index is 0.209. The number of alkyl halides is 1. The van der Waals surface area contributed by atoms with E-state index >= 15 is 0 Å². The number of ether oxygens (including phenoxy) is 2. The topological polar surface area (TPSA) is 52.6 Å². The zero-order valence-corrected chi connectivity index (χ0v) is 19.2. The summed E-state index contributed by atoms with van der Waals surface area (Å²) in [5.41, 5.74) is 0. The minimum atomic E-state index is -0.214. The molecule has 4 nitrogen and oxygen atoms in total. The third-order valence-electron chi connectivity index (χ3n) is 4.90. The van der Waals surface area contributed by atoms with E-state index in [4.69, 9.17) is 21.1 Å². The number of esters is 2. The van der Waals surface area contributed by atoms with Gasteiger partial charge in [-0.25, -0.2) is 0 Å². The van der Waals surface area contributed by atoms with Crippen molar-refractivity contribution >= 4 is 23.5 Å². The van der Waals surface area contributed by atoms with Crippen LogP contribution in [0.25, 0.3) is 0 Å². The van der Waals surface area contributed by atoms with E-state index in [0.717, 1.165) is 43.9 Å². The lowest BCUT2D eigenvalue weighted by atomic mass is 9.98. The predicted molar refractivity (Wildman–Crippen MR) is 117 cm³/mol. The Morgan fingerprint density at radius 2 is 1.25 bits per heavy atom. The molecule has 166 valence electrons. The van der Waals surface area contributed by atoms with Crippen LogP contribution in [0.2, 0.25) is 0 Å². The third-order valence-corrected chi connectivity index (χ3v) is 5.17. The van der Waals surface area contributed by atoms with Crippen molar-refractivity contribution in [2.45, 2.75) is 104 Å². The number of carbonyl (C=O) groups excluding carboxylic acids is 2. The fourth-order valence-electron chi connectivity index (χ4n) is 3.00. The molecule has 0 aromatic heterocycles. The number of carbonyl (C=O) groups is 2. The summed E-state index contributed by atoms with van der Waals surface area (Å²) in [6.45, 7) is 7.66. The van der Waals surface area contributed by atoms with Crippen LogP contribution >= 0.6 is 11.6 Å². The second-order valence-electron chi connectivity index (χ2n) is 8.32. The summed E-state index contributed by atoms with van der Waals surface area (Å²) in [6, 6.07) is 0. The van der Waals surface area contributed by atoms with Crippen LogP contribution in [0.3, 0.4) is 0 Å². The molecular weight excluding hydrogens is 376 g/mol. The first-order chi connectivity index (χ1) is 13.5. The predicted octanol–water partition coefficient (Wildman–Crippen LogP) is 6.68. The molecule has 0 spiro atoms. The standard InChI is InChI=1S/C23H43ClO4/c1-20(2)12-10-13-21(3)16-19-28-23(26)15-11-14-22(25)27-18-9-7-5-4-6-8-17-24/h20-21H,4-19H2,1-3H3. The van der Waals surface area contributed by atoms with Gasteiger partial charge in [-0.1, -0.05) is 65.7 Å². The van der Waals surface area contributed by atoms with Gasteiger partial charge in [0.25, 0.3) is 0 Å². The van der Waals surface area contributed by atoms with Gasteiger partial charge in [-0.2, -0.15) is 0 Å². The largest absolute Gasteiger partial charge is 0.466 e. The van der Waals surface area contributed by atoms with E-state index in [1.165, 1.54) is 32.1 Å². The molecule has 0 N–H and O–H groups in total. The molecule has 0 radical (unpaired) electrons. The summed E-state index contributed by atoms with van der Waals surface area (Å²) in [4.78, 5) is 23.4.